The molecule has 1 atom stereocenters. The number of nitrogens with zero attached hydrogens (tertiary/aromatic N) is 2. The third kappa shape index (κ3) is 3.28. The van der Waals surface area contributed by atoms with Gasteiger partial charge in [0.15, 0.2) is 6.10 Å². The van der Waals surface area contributed by atoms with Crippen LogP contribution in [0.3, 0.4) is 0 Å². The first kappa shape index (κ1) is 16.5. The number of nitrogens with one attached hydrogen (secondary N) is 1. The molecule has 3 rings (SSSR count). The van der Waals surface area contributed by atoms with Crippen LogP contribution in [0.1, 0.15) is 41.7 Å². The molecule has 6 heteroatoms. The SMILES string of the molecule is COc1cccc(C(O)C(=O)N2CCC(c3cn[nH]c3C)CC2)c1. The molecule has 1 amide bonds. The first-order valence-corrected chi connectivity index (χ1v) is 8.21. The lowest BCUT2D eigenvalue weighted by Gasteiger charge is -2.33. The number of amides is 1. The lowest BCUT2D eigenvalue weighted by Crippen LogP contribution is -2.40. The number of H-pyrrole nitrogens is 1. The van der Waals surface area contributed by atoms with Crippen LogP contribution < -0.4 is 4.74 Å². The summed E-state index contributed by atoms with van der Waals surface area (Å²) < 4.78 is 5.15. The van der Waals surface area contributed by atoms with Crippen molar-refractivity contribution in [3.8, 4) is 5.75 Å². The molecule has 128 valence electrons. The lowest BCUT2D eigenvalue weighted by molar-refractivity contribution is -0.141. The van der Waals surface area contributed by atoms with E-state index in [2.05, 4.69) is 10.2 Å². The molecule has 6 nitrogen and oxygen atoms in total. The van der Waals surface area contributed by atoms with Gasteiger partial charge in [-0.15, -0.1) is 0 Å². The Kier molecular flexibility index (Phi) is 4.85. The van der Waals surface area contributed by atoms with Gasteiger partial charge < -0.3 is 14.7 Å². The van der Waals surface area contributed by atoms with E-state index in [1.165, 1.54) is 5.56 Å². The molecule has 1 aliphatic rings. The molecule has 1 saturated heterocycles. The number of rotatable bonds is 4. The van der Waals surface area contributed by atoms with Crippen molar-refractivity contribution in [1.29, 1.82) is 0 Å². The third-order valence-corrected chi connectivity index (χ3v) is 4.76. The predicted molar refractivity (Wildman–Crippen MR) is 89.8 cm³/mol. The minimum Gasteiger partial charge on any atom is -0.497 e. The number of benzene rings is 1. The number of hydrogen-bond acceptors (Lipinski definition) is 4. The largest absolute Gasteiger partial charge is 0.497 e. The maximum Gasteiger partial charge on any atom is 0.256 e. The molecule has 24 heavy (non-hydrogen) atoms. The third-order valence-electron chi connectivity index (χ3n) is 4.76. The van der Waals surface area contributed by atoms with Crippen LogP contribution in [0.15, 0.2) is 30.5 Å². The summed E-state index contributed by atoms with van der Waals surface area (Å²) in [6.45, 7) is 3.32. The van der Waals surface area contributed by atoms with Gasteiger partial charge in [0.1, 0.15) is 5.75 Å². The monoisotopic (exact) mass is 329 g/mol. The van der Waals surface area contributed by atoms with E-state index in [1.807, 2.05) is 13.1 Å². The maximum atomic E-state index is 12.6. The number of likely N-dealkylation sites (tertiary alicyclic amines) is 1. The Labute approximate surface area is 141 Å². The van der Waals surface area contributed by atoms with Crippen LogP contribution in [-0.2, 0) is 4.79 Å². The number of methoxy groups -OCH3 is 1. The van der Waals surface area contributed by atoms with E-state index in [4.69, 9.17) is 4.74 Å². The molecule has 1 aromatic carbocycles. The molecule has 1 aliphatic heterocycles. The fraction of sp³-hybridized carbons (Fsp3) is 0.444. The molecule has 0 bridgehead atoms. The van der Waals surface area contributed by atoms with Crippen molar-refractivity contribution in [3.63, 3.8) is 0 Å². The van der Waals surface area contributed by atoms with Gasteiger partial charge in [-0.3, -0.25) is 9.89 Å². The predicted octanol–water partition coefficient (Wildman–Crippen LogP) is 2.17. The second kappa shape index (κ2) is 7.05. The normalized spacial score (nSPS) is 16.9. The maximum absolute atomic E-state index is 12.6. The fourth-order valence-electron chi connectivity index (χ4n) is 3.31. The van der Waals surface area contributed by atoms with E-state index in [1.54, 1.807) is 36.3 Å². The van der Waals surface area contributed by atoms with Gasteiger partial charge in [-0.1, -0.05) is 12.1 Å². The van der Waals surface area contributed by atoms with Crippen molar-refractivity contribution in [2.45, 2.75) is 31.8 Å². The molecule has 0 saturated carbocycles. The van der Waals surface area contributed by atoms with E-state index >= 15 is 0 Å². The highest BCUT2D eigenvalue weighted by Gasteiger charge is 2.29. The summed E-state index contributed by atoms with van der Waals surface area (Å²) >= 11 is 0. The lowest BCUT2D eigenvalue weighted by atomic mass is 9.89. The summed E-state index contributed by atoms with van der Waals surface area (Å²) in [5, 5.41) is 17.4. The Morgan fingerprint density at radius 2 is 2.17 bits per heavy atom. The van der Waals surface area contributed by atoms with Crippen LogP contribution in [0.2, 0.25) is 0 Å². The molecule has 2 N–H and O–H groups in total. The Bertz CT molecular complexity index is 705. The molecule has 0 spiro atoms. The standard InChI is InChI=1S/C18H23N3O3/c1-12-16(11-19-20-12)13-6-8-21(9-7-13)18(23)17(22)14-4-3-5-15(10-14)24-2/h3-5,10-11,13,17,22H,6-9H2,1-2H3,(H,19,20). The summed E-state index contributed by atoms with van der Waals surface area (Å²) in [5.74, 6) is 0.806. The zero-order valence-corrected chi connectivity index (χ0v) is 14.0. The molecule has 1 aromatic heterocycles. The topological polar surface area (TPSA) is 78.5 Å². The highest BCUT2D eigenvalue weighted by Crippen LogP contribution is 2.30. The number of hydrogen-bond donors (Lipinski definition) is 2. The van der Waals surface area contributed by atoms with Gasteiger partial charge in [-0.2, -0.15) is 5.10 Å². The molecular weight excluding hydrogens is 306 g/mol. The number of ether oxygens (including phenoxy) is 1. The van der Waals surface area contributed by atoms with Gasteiger partial charge in [0, 0.05) is 18.8 Å². The molecule has 2 aromatic rings. The number of carbonyl (C=O) groups is 1. The number of aromatic amines is 1. The average molecular weight is 329 g/mol. The van der Waals surface area contributed by atoms with Crippen LogP contribution in [0.4, 0.5) is 0 Å². The van der Waals surface area contributed by atoms with Gasteiger partial charge in [-0.25, -0.2) is 0 Å². The second-order valence-corrected chi connectivity index (χ2v) is 6.23. The molecular formula is C18H23N3O3. The Morgan fingerprint density at radius 3 is 2.79 bits per heavy atom. The van der Waals surface area contributed by atoms with Crippen molar-refractivity contribution in [1.82, 2.24) is 15.1 Å². The van der Waals surface area contributed by atoms with Crippen LogP contribution in [-0.4, -0.2) is 46.3 Å². The number of aromatic nitrogens is 2. The van der Waals surface area contributed by atoms with Gasteiger partial charge in [0.25, 0.3) is 5.91 Å². The summed E-state index contributed by atoms with van der Waals surface area (Å²) in [6, 6.07) is 7.01. The van der Waals surface area contributed by atoms with Crippen LogP contribution in [0.25, 0.3) is 0 Å². The number of carbonyl (C=O) groups excluding carboxylic acids is 1. The van der Waals surface area contributed by atoms with Crippen LogP contribution in [0.5, 0.6) is 5.75 Å². The average Bonchev–Trinajstić information content (AvgIpc) is 3.06. The highest BCUT2D eigenvalue weighted by molar-refractivity contribution is 5.82. The van der Waals surface area contributed by atoms with Gasteiger partial charge in [-0.05, 0) is 48.9 Å². The minimum atomic E-state index is -1.15. The highest BCUT2D eigenvalue weighted by atomic mass is 16.5. The Hall–Kier alpha value is -2.34. The van der Waals surface area contributed by atoms with Crippen molar-refractivity contribution in [2.75, 3.05) is 20.2 Å². The smallest absolute Gasteiger partial charge is 0.256 e. The van der Waals surface area contributed by atoms with Crippen molar-refractivity contribution in [3.05, 3.63) is 47.3 Å². The fourth-order valence-corrected chi connectivity index (χ4v) is 3.31. The molecule has 0 radical (unpaired) electrons. The van der Waals surface area contributed by atoms with Gasteiger partial charge >= 0.3 is 0 Å². The quantitative estimate of drug-likeness (QED) is 0.901. The van der Waals surface area contributed by atoms with E-state index in [0.29, 0.717) is 30.3 Å². The molecule has 0 aliphatic carbocycles. The second-order valence-electron chi connectivity index (χ2n) is 6.23. The van der Waals surface area contributed by atoms with E-state index in [9.17, 15) is 9.90 Å². The molecule has 2 heterocycles. The first-order valence-electron chi connectivity index (χ1n) is 8.21. The number of aliphatic hydroxyl groups is 1. The number of piperidine rings is 1. The van der Waals surface area contributed by atoms with Crippen LogP contribution in [0, 0.1) is 6.92 Å². The van der Waals surface area contributed by atoms with Gasteiger partial charge in [0.05, 0.1) is 13.3 Å². The number of aliphatic hydroxyl groups excluding tert-OH is 1. The summed E-state index contributed by atoms with van der Waals surface area (Å²) in [6.07, 6.45) is 2.50. The van der Waals surface area contributed by atoms with Crippen molar-refractivity contribution >= 4 is 5.91 Å². The van der Waals surface area contributed by atoms with Crippen molar-refractivity contribution in [2.24, 2.45) is 0 Å². The number of aryl methyl sites for hydroxylation is 1. The zero-order chi connectivity index (χ0) is 17.1. The molecule has 1 fully saturated rings. The van der Waals surface area contributed by atoms with E-state index < -0.39 is 6.10 Å². The van der Waals surface area contributed by atoms with Gasteiger partial charge in [0.2, 0.25) is 0 Å². The first-order chi connectivity index (χ1) is 11.6. The van der Waals surface area contributed by atoms with E-state index in [0.717, 1.165) is 18.5 Å². The summed E-state index contributed by atoms with van der Waals surface area (Å²) in [7, 11) is 1.57. The summed E-state index contributed by atoms with van der Waals surface area (Å²) in [5.41, 5.74) is 2.89. The van der Waals surface area contributed by atoms with E-state index in [-0.39, 0.29) is 5.91 Å². The van der Waals surface area contributed by atoms with Crippen molar-refractivity contribution < 1.29 is 14.6 Å². The zero-order valence-electron chi connectivity index (χ0n) is 14.0. The summed E-state index contributed by atoms with van der Waals surface area (Å²) in [4.78, 5) is 14.3. The minimum absolute atomic E-state index is 0.245. The van der Waals surface area contributed by atoms with Crippen LogP contribution >= 0.6 is 0 Å². The molecule has 1 unspecified atom stereocenters. The Balaban J connectivity index is 1.63. The Morgan fingerprint density at radius 1 is 1.42 bits per heavy atom.